The van der Waals surface area contributed by atoms with Crippen LogP contribution < -0.4 is 5.32 Å². The lowest BCUT2D eigenvalue weighted by molar-refractivity contribution is 0.363. The van der Waals surface area contributed by atoms with Gasteiger partial charge in [0, 0.05) is 12.1 Å². The topological polar surface area (TPSA) is 35.8 Å². The average Bonchev–Trinajstić information content (AvgIpc) is 2.68. The molecule has 2 nitrogen and oxygen atoms in total. The Morgan fingerprint density at radius 3 is 2.50 bits per heavy atom. The van der Waals surface area contributed by atoms with Gasteiger partial charge in [0.1, 0.15) is 0 Å². The molecular weight excluding hydrogens is 196 g/mol. The van der Waals surface area contributed by atoms with E-state index < -0.39 is 0 Å². The highest BCUT2D eigenvalue weighted by Crippen LogP contribution is 2.38. The molecule has 2 fully saturated rings. The highest BCUT2D eigenvalue weighted by Gasteiger charge is 2.34. The first-order chi connectivity index (χ1) is 7.86. The van der Waals surface area contributed by atoms with Crippen molar-refractivity contribution >= 4 is 0 Å². The molecule has 2 saturated heterocycles. The minimum atomic E-state index is 0.592. The van der Waals surface area contributed by atoms with Gasteiger partial charge in [-0.2, -0.15) is 5.26 Å². The Labute approximate surface area is 96.3 Å². The molecule has 2 atom stereocenters. The van der Waals surface area contributed by atoms with Crippen LogP contribution in [0.15, 0.2) is 24.3 Å². The van der Waals surface area contributed by atoms with E-state index in [1.807, 2.05) is 12.1 Å². The Hall–Kier alpha value is -1.33. The number of nitrogens with one attached hydrogen (secondary N) is 1. The molecule has 82 valence electrons. The third-order valence-electron chi connectivity index (χ3n) is 3.99. The second-order valence-corrected chi connectivity index (χ2v) is 5.01. The lowest BCUT2D eigenvalue weighted by atomic mass is 9.84. The monoisotopic (exact) mass is 212 g/mol. The molecule has 1 aromatic rings. The quantitative estimate of drug-likeness (QED) is 0.776. The van der Waals surface area contributed by atoms with Crippen LogP contribution in [0.25, 0.3) is 0 Å². The van der Waals surface area contributed by atoms with E-state index in [0.29, 0.717) is 18.0 Å². The summed E-state index contributed by atoms with van der Waals surface area (Å²) in [5.41, 5.74) is 2.14. The fourth-order valence-electron chi connectivity index (χ4n) is 3.27. The third kappa shape index (κ3) is 1.62. The summed E-state index contributed by atoms with van der Waals surface area (Å²) in [4.78, 5) is 0. The van der Waals surface area contributed by atoms with Crippen molar-refractivity contribution in [2.45, 2.75) is 43.7 Å². The average molecular weight is 212 g/mol. The molecule has 2 aliphatic rings. The van der Waals surface area contributed by atoms with Crippen molar-refractivity contribution in [2.24, 2.45) is 0 Å². The summed E-state index contributed by atoms with van der Waals surface area (Å²) in [6.07, 6.45) is 5.04. The second kappa shape index (κ2) is 3.92. The largest absolute Gasteiger partial charge is 0.311 e. The molecule has 0 radical (unpaired) electrons. The molecule has 3 rings (SSSR count). The zero-order chi connectivity index (χ0) is 11.0. The number of hydrogen-bond acceptors (Lipinski definition) is 2. The SMILES string of the molecule is N#Cc1ccccc1C1CC2CCC(C1)N2. The van der Waals surface area contributed by atoms with Crippen molar-refractivity contribution in [3.8, 4) is 6.07 Å². The fraction of sp³-hybridized carbons (Fsp3) is 0.500. The highest BCUT2D eigenvalue weighted by atomic mass is 15.0. The van der Waals surface area contributed by atoms with Gasteiger partial charge in [0.05, 0.1) is 11.6 Å². The van der Waals surface area contributed by atoms with Crippen molar-refractivity contribution in [2.75, 3.05) is 0 Å². The van der Waals surface area contributed by atoms with Crippen LogP contribution in [0.4, 0.5) is 0 Å². The molecular formula is C14H16N2. The van der Waals surface area contributed by atoms with Crippen LogP contribution in [-0.2, 0) is 0 Å². The first-order valence-electron chi connectivity index (χ1n) is 6.12. The van der Waals surface area contributed by atoms with Gasteiger partial charge in [-0.3, -0.25) is 0 Å². The second-order valence-electron chi connectivity index (χ2n) is 5.01. The molecule has 16 heavy (non-hydrogen) atoms. The van der Waals surface area contributed by atoms with Gasteiger partial charge in [-0.25, -0.2) is 0 Å². The summed E-state index contributed by atoms with van der Waals surface area (Å²) >= 11 is 0. The molecule has 2 unspecified atom stereocenters. The molecule has 0 amide bonds. The lowest BCUT2D eigenvalue weighted by Crippen LogP contribution is -2.37. The van der Waals surface area contributed by atoms with Crippen molar-refractivity contribution < 1.29 is 0 Å². The molecule has 1 N–H and O–H groups in total. The first-order valence-corrected chi connectivity index (χ1v) is 6.12. The van der Waals surface area contributed by atoms with Gasteiger partial charge in [-0.05, 0) is 43.2 Å². The summed E-state index contributed by atoms with van der Waals surface area (Å²) in [6, 6.07) is 11.8. The molecule has 0 aromatic heterocycles. The van der Waals surface area contributed by atoms with E-state index in [0.717, 1.165) is 5.56 Å². The Balaban J connectivity index is 1.90. The maximum absolute atomic E-state index is 9.13. The van der Waals surface area contributed by atoms with Gasteiger partial charge in [0.25, 0.3) is 0 Å². The molecule has 0 aliphatic carbocycles. The number of benzene rings is 1. The van der Waals surface area contributed by atoms with Gasteiger partial charge in [-0.1, -0.05) is 18.2 Å². The predicted molar refractivity (Wildman–Crippen MR) is 63.1 cm³/mol. The molecule has 2 bridgehead atoms. The van der Waals surface area contributed by atoms with Crippen LogP contribution in [-0.4, -0.2) is 12.1 Å². The number of fused-ring (bicyclic) bond motifs is 2. The fourth-order valence-corrected chi connectivity index (χ4v) is 3.27. The molecule has 2 heteroatoms. The van der Waals surface area contributed by atoms with Gasteiger partial charge >= 0.3 is 0 Å². The van der Waals surface area contributed by atoms with Crippen LogP contribution in [0.3, 0.4) is 0 Å². The summed E-state index contributed by atoms with van der Waals surface area (Å²) in [7, 11) is 0. The number of nitriles is 1. The Kier molecular flexibility index (Phi) is 2.41. The van der Waals surface area contributed by atoms with Crippen LogP contribution in [0.1, 0.15) is 42.7 Å². The summed E-state index contributed by atoms with van der Waals surface area (Å²) in [5.74, 6) is 0.592. The number of rotatable bonds is 1. The van der Waals surface area contributed by atoms with E-state index in [1.54, 1.807) is 0 Å². The van der Waals surface area contributed by atoms with Crippen LogP contribution in [0.2, 0.25) is 0 Å². The minimum absolute atomic E-state index is 0.592. The van der Waals surface area contributed by atoms with Crippen molar-refractivity contribution in [1.29, 1.82) is 5.26 Å². The number of nitrogens with zero attached hydrogens (tertiary/aromatic N) is 1. The lowest BCUT2D eigenvalue weighted by Gasteiger charge is -2.29. The Morgan fingerprint density at radius 1 is 1.12 bits per heavy atom. The van der Waals surface area contributed by atoms with E-state index in [9.17, 15) is 0 Å². The number of hydrogen-bond donors (Lipinski definition) is 1. The zero-order valence-corrected chi connectivity index (χ0v) is 9.32. The van der Waals surface area contributed by atoms with Crippen molar-refractivity contribution in [3.05, 3.63) is 35.4 Å². The van der Waals surface area contributed by atoms with Gasteiger partial charge in [0.15, 0.2) is 0 Å². The molecule has 1 aromatic carbocycles. The first kappa shape index (κ1) is 9.86. The van der Waals surface area contributed by atoms with Gasteiger partial charge in [-0.15, -0.1) is 0 Å². The molecule has 0 saturated carbocycles. The van der Waals surface area contributed by atoms with E-state index >= 15 is 0 Å². The van der Waals surface area contributed by atoms with E-state index in [2.05, 4.69) is 23.5 Å². The summed E-state index contributed by atoms with van der Waals surface area (Å²) < 4.78 is 0. The van der Waals surface area contributed by atoms with Gasteiger partial charge in [0.2, 0.25) is 0 Å². The number of piperidine rings is 1. The molecule has 2 aliphatic heterocycles. The van der Waals surface area contributed by atoms with Crippen LogP contribution in [0.5, 0.6) is 0 Å². The Bertz CT molecular complexity index is 421. The van der Waals surface area contributed by atoms with Crippen LogP contribution >= 0.6 is 0 Å². The summed E-state index contributed by atoms with van der Waals surface area (Å²) in [5, 5.41) is 12.8. The molecule has 0 spiro atoms. The van der Waals surface area contributed by atoms with E-state index in [4.69, 9.17) is 5.26 Å². The van der Waals surface area contributed by atoms with E-state index in [-0.39, 0.29) is 0 Å². The summed E-state index contributed by atoms with van der Waals surface area (Å²) in [6.45, 7) is 0. The Morgan fingerprint density at radius 2 is 1.81 bits per heavy atom. The third-order valence-corrected chi connectivity index (χ3v) is 3.99. The normalized spacial score (nSPS) is 32.3. The molecule has 2 heterocycles. The zero-order valence-electron chi connectivity index (χ0n) is 9.32. The smallest absolute Gasteiger partial charge is 0.0994 e. The van der Waals surface area contributed by atoms with Gasteiger partial charge < -0.3 is 5.32 Å². The minimum Gasteiger partial charge on any atom is -0.311 e. The standard InChI is InChI=1S/C14H16N2/c15-9-10-3-1-2-4-14(10)11-7-12-5-6-13(8-11)16-12/h1-4,11-13,16H,5-8H2. The van der Waals surface area contributed by atoms with Crippen molar-refractivity contribution in [3.63, 3.8) is 0 Å². The van der Waals surface area contributed by atoms with Crippen LogP contribution in [0, 0.1) is 11.3 Å². The van der Waals surface area contributed by atoms with E-state index in [1.165, 1.54) is 31.2 Å². The predicted octanol–water partition coefficient (Wildman–Crippen LogP) is 2.56. The maximum atomic E-state index is 9.13. The maximum Gasteiger partial charge on any atom is 0.0994 e. The highest BCUT2D eigenvalue weighted by molar-refractivity contribution is 5.40. The van der Waals surface area contributed by atoms with Crippen molar-refractivity contribution in [1.82, 2.24) is 5.32 Å².